The van der Waals surface area contributed by atoms with Crippen LogP contribution in [0, 0.1) is 0 Å². The van der Waals surface area contributed by atoms with E-state index < -0.39 is 5.41 Å². The van der Waals surface area contributed by atoms with E-state index in [-0.39, 0.29) is 0 Å². The molecule has 1 spiro atoms. The van der Waals surface area contributed by atoms with Gasteiger partial charge in [-0.25, -0.2) is 0 Å². The highest BCUT2D eigenvalue weighted by Crippen LogP contribution is 2.64. The van der Waals surface area contributed by atoms with Gasteiger partial charge in [-0.3, -0.25) is 0 Å². The van der Waals surface area contributed by atoms with Crippen molar-refractivity contribution in [1.29, 1.82) is 0 Å². The lowest BCUT2D eigenvalue weighted by Crippen LogP contribution is -2.26. The molecule has 1 radical (unpaired) electrons. The zero-order valence-electron chi connectivity index (χ0n) is 18.4. The van der Waals surface area contributed by atoms with Gasteiger partial charge in [0.25, 0.3) is 0 Å². The Morgan fingerprint density at radius 2 is 0.882 bits per heavy atom. The summed E-state index contributed by atoms with van der Waals surface area (Å²) in [7, 11) is 0.757. The molecule has 2 aliphatic carbocycles. The molecule has 0 heterocycles. The fourth-order valence-electron chi connectivity index (χ4n) is 6.23. The fraction of sp³-hybridized carbons (Fsp3) is 0.0323. The fourth-order valence-corrected chi connectivity index (χ4v) is 6.23. The normalized spacial score (nSPS) is 13.7. The number of benzene rings is 5. The van der Waals surface area contributed by atoms with Gasteiger partial charge in [0.15, 0.2) is 0 Å². The maximum atomic E-state index is 9.44. The van der Waals surface area contributed by atoms with E-state index in [1.165, 1.54) is 44.5 Å². The van der Waals surface area contributed by atoms with Crippen LogP contribution in [0.5, 0.6) is 5.75 Å². The lowest BCUT2D eigenvalue weighted by Gasteiger charge is -2.32. The van der Waals surface area contributed by atoms with Crippen LogP contribution in [0.25, 0.3) is 33.4 Å². The smallest absolute Gasteiger partial charge is 0.537 e. The minimum Gasteiger partial charge on any atom is -0.537 e. The molecule has 0 atom stereocenters. The average Bonchev–Trinajstić information content (AvgIpc) is 3.37. The first-order chi connectivity index (χ1) is 16.9. The van der Waals surface area contributed by atoms with Crippen LogP contribution in [0.3, 0.4) is 0 Å². The summed E-state index contributed by atoms with van der Waals surface area (Å²) >= 11 is 0. The Balaban J connectivity index is 1.67. The maximum Gasteiger partial charge on any atom is 0.569 e. The highest BCUT2D eigenvalue weighted by Gasteiger charge is 2.52. The van der Waals surface area contributed by atoms with E-state index in [1.807, 2.05) is 18.2 Å². The van der Waals surface area contributed by atoms with Crippen LogP contribution in [-0.4, -0.2) is 12.7 Å². The first-order valence-electron chi connectivity index (χ1n) is 11.5. The van der Waals surface area contributed by atoms with Crippen LogP contribution in [-0.2, 0) is 5.41 Å². The molecule has 1 N–H and O–H groups in total. The largest absolute Gasteiger partial charge is 0.569 e. The van der Waals surface area contributed by atoms with E-state index in [4.69, 9.17) is 4.65 Å². The summed E-state index contributed by atoms with van der Waals surface area (Å²) in [5, 5.41) is 9.44. The number of fused-ring (bicyclic) bond motifs is 10. The molecular weight excluding hydrogens is 415 g/mol. The Bertz CT molecular complexity index is 1520. The van der Waals surface area contributed by atoms with Gasteiger partial charge >= 0.3 is 7.69 Å². The second-order valence-electron chi connectivity index (χ2n) is 8.83. The second-order valence-corrected chi connectivity index (χ2v) is 8.83. The molecule has 159 valence electrons. The Kier molecular flexibility index (Phi) is 4.11. The molecule has 0 fully saturated rings. The SMILES string of the molecule is O[B]Oc1ccccc1-c1cccc2c1C1(c3ccccc3-c3ccccc31)c1ccccc1-2. The summed E-state index contributed by atoms with van der Waals surface area (Å²) in [5.74, 6) is 0.629. The maximum absolute atomic E-state index is 9.44. The molecule has 0 saturated heterocycles. The average molecular weight is 435 g/mol. The van der Waals surface area contributed by atoms with E-state index >= 15 is 0 Å². The molecular formula is C31H20BO2. The number of rotatable bonds is 3. The molecule has 5 aromatic rings. The standard InChI is InChI=1S/C31H20BO2/c33-32-34-29-19-8-4-13-23(29)25-15-9-14-24-22-12-3-7-18-28(22)31(30(24)25)26-16-5-1-10-20(26)21-11-2-6-17-27(21)31/h1-19,33H. The second kappa shape index (κ2) is 7.21. The van der Waals surface area contributed by atoms with E-state index in [2.05, 4.69) is 97.1 Å². The molecule has 0 aromatic heterocycles. The van der Waals surface area contributed by atoms with Gasteiger partial charge in [-0.05, 0) is 56.1 Å². The van der Waals surface area contributed by atoms with Gasteiger partial charge in [-0.1, -0.05) is 109 Å². The topological polar surface area (TPSA) is 29.5 Å². The number of hydrogen-bond acceptors (Lipinski definition) is 2. The van der Waals surface area contributed by atoms with Gasteiger partial charge < -0.3 is 9.68 Å². The van der Waals surface area contributed by atoms with Crippen LogP contribution < -0.4 is 4.65 Å². The molecule has 0 unspecified atom stereocenters. The highest BCUT2D eigenvalue weighted by molar-refractivity contribution is 6.17. The van der Waals surface area contributed by atoms with E-state index in [0.717, 1.165) is 18.8 Å². The lowest BCUT2D eigenvalue weighted by atomic mass is 9.68. The van der Waals surface area contributed by atoms with Crippen molar-refractivity contribution in [1.82, 2.24) is 0 Å². The Hall–Kier alpha value is -4.08. The van der Waals surface area contributed by atoms with Gasteiger partial charge in [0, 0.05) is 5.56 Å². The minimum absolute atomic E-state index is 0.425. The molecule has 0 aliphatic heterocycles. The van der Waals surface area contributed by atoms with Gasteiger partial charge in [-0.2, -0.15) is 0 Å². The van der Waals surface area contributed by atoms with Crippen molar-refractivity contribution in [3.63, 3.8) is 0 Å². The molecule has 2 nitrogen and oxygen atoms in total. The van der Waals surface area contributed by atoms with Crippen LogP contribution in [0.4, 0.5) is 0 Å². The Labute approximate surface area is 199 Å². The summed E-state index contributed by atoms with van der Waals surface area (Å²) < 4.78 is 5.55. The summed E-state index contributed by atoms with van der Waals surface area (Å²) in [4.78, 5) is 0. The highest BCUT2D eigenvalue weighted by atomic mass is 16.5. The molecule has 0 saturated carbocycles. The third-order valence-corrected chi connectivity index (χ3v) is 7.37. The van der Waals surface area contributed by atoms with Gasteiger partial charge in [0.1, 0.15) is 5.75 Å². The van der Waals surface area contributed by atoms with Crippen molar-refractivity contribution in [2.45, 2.75) is 5.41 Å². The lowest BCUT2D eigenvalue weighted by molar-refractivity contribution is 0.454. The summed E-state index contributed by atoms with van der Waals surface area (Å²) in [6.07, 6.45) is 0. The Morgan fingerprint density at radius 1 is 0.471 bits per heavy atom. The minimum atomic E-state index is -0.425. The first-order valence-corrected chi connectivity index (χ1v) is 11.5. The molecule has 2 aliphatic rings. The van der Waals surface area contributed by atoms with Crippen molar-refractivity contribution < 1.29 is 9.68 Å². The van der Waals surface area contributed by atoms with Gasteiger partial charge in [-0.15, -0.1) is 0 Å². The Morgan fingerprint density at radius 3 is 1.44 bits per heavy atom. The third kappa shape index (κ3) is 2.34. The predicted octanol–water partition coefficient (Wildman–Crippen LogP) is 6.60. The van der Waals surface area contributed by atoms with Crippen molar-refractivity contribution in [2.24, 2.45) is 0 Å². The predicted molar refractivity (Wildman–Crippen MR) is 137 cm³/mol. The molecule has 0 amide bonds. The molecule has 0 bridgehead atoms. The first kappa shape index (κ1) is 19.4. The third-order valence-electron chi connectivity index (χ3n) is 7.37. The zero-order valence-corrected chi connectivity index (χ0v) is 18.4. The summed E-state index contributed by atoms with van der Waals surface area (Å²) in [6, 6.07) is 40.8. The van der Waals surface area contributed by atoms with E-state index in [0.29, 0.717) is 5.75 Å². The van der Waals surface area contributed by atoms with Crippen molar-refractivity contribution in [3.05, 3.63) is 138 Å². The van der Waals surface area contributed by atoms with Crippen LogP contribution in [0.1, 0.15) is 22.3 Å². The molecule has 5 aromatic carbocycles. The van der Waals surface area contributed by atoms with Crippen LogP contribution in [0.15, 0.2) is 115 Å². The summed E-state index contributed by atoms with van der Waals surface area (Å²) in [5.41, 5.74) is 11.9. The van der Waals surface area contributed by atoms with E-state index in [9.17, 15) is 5.02 Å². The molecule has 3 heteroatoms. The van der Waals surface area contributed by atoms with Crippen LogP contribution in [0.2, 0.25) is 0 Å². The number of hydrogen-bond donors (Lipinski definition) is 1. The molecule has 34 heavy (non-hydrogen) atoms. The number of para-hydroxylation sites is 1. The van der Waals surface area contributed by atoms with Crippen LogP contribution >= 0.6 is 0 Å². The van der Waals surface area contributed by atoms with Gasteiger partial charge in [0.05, 0.1) is 5.41 Å². The quantitative estimate of drug-likeness (QED) is 0.317. The zero-order chi connectivity index (χ0) is 22.7. The molecule has 7 rings (SSSR count). The monoisotopic (exact) mass is 435 g/mol. The summed E-state index contributed by atoms with van der Waals surface area (Å²) in [6.45, 7) is 0. The van der Waals surface area contributed by atoms with Gasteiger partial charge in [0.2, 0.25) is 0 Å². The van der Waals surface area contributed by atoms with Crippen molar-refractivity contribution in [2.75, 3.05) is 0 Å². The van der Waals surface area contributed by atoms with Crippen molar-refractivity contribution in [3.8, 4) is 39.1 Å². The van der Waals surface area contributed by atoms with Crippen molar-refractivity contribution >= 4 is 7.69 Å². The van der Waals surface area contributed by atoms with E-state index in [1.54, 1.807) is 0 Å².